The van der Waals surface area contributed by atoms with Crippen molar-refractivity contribution in [2.75, 3.05) is 20.2 Å². The van der Waals surface area contributed by atoms with E-state index in [-0.39, 0.29) is 18.2 Å². The Morgan fingerprint density at radius 1 is 1.00 bits per heavy atom. The average molecular weight is 462 g/mol. The van der Waals surface area contributed by atoms with Crippen molar-refractivity contribution in [1.82, 2.24) is 4.90 Å². The highest BCUT2D eigenvalue weighted by Gasteiger charge is 2.40. The van der Waals surface area contributed by atoms with Gasteiger partial charge in [0.15, 0.2) is 0 Å². The van der Waals surface area contributed by atoms with Gasteiger partial charge in [-0.2, -0.15) is 26.3 Å². The van der Waals surface area contributed by atoms with Gasteiger partial charge in [0.05, 0.1) is 36.2 Å². The smallest absolute Gasteiger partial charge is 0.371 e. The van der Waals surface area contributed by atoms with Crippen LogP contribution < -0.4 is 0 Å². The lowest BCUT2D eigenvalue weighted by Gasteiger charge is -2.29. The van der Waals surface area contributed by atoms with Crippen molar-refractivity contribution in [1.29, 1.82) is 0 Å². The average Bonchev–Trinajstić information content (AvgIpc) is 2.99. The summed E-state index contributed by atoms with van der Waals surface area (Å²) in [6.45, 7) is 3.37. The Morgan fingerprint density at radius 3 is 1.97 bits per heavy atom. The summed E-state index contributed by atoms with van der Waals surface area (Å²) in [6, 6.07) is 6.96. The van der Waals surface area contributed by atoms with E-state index in [2.05, 4.69) is 4.99 Å². The Morgan fingerprint density at radius 2 is 1.53 bits per heavy atom. The molecule has 0 saturated heterocycles. The molecule has 0 N–H and O–H groups in total. The summed E-state index contributed by atoms with van der Waals surface area (Å²) in [5.74, 6) is 0.220. The van der Waals surface area contributed by atoms with Crippen LogP contribution in [-0.4, -0.2) is 30.9 Å². The normalized spacial score (nSPS) is 20.4. The van der Waals surface area contributed by atoms with Crippen LogP contribution in [0.25, 0.3) is 0 Å². The van der Waals surface area contributed by atoms with Crippen molar-refractivity contribution < 1.29 is 35.5 Å². The predicted molar refractivity (Wildman–Crippen MR) is 105 cm³/mol. The van der Waals surface area contributed by atoms with Crippen molar-refractivity contribution in [2.24, 2.45) is 4.99 Å². The van der Waals surface area contributed by atoms with E-state index in [1.165, 1.54) is 31.2 Å². The van der Waals surface area contributed by atoms with Gasteiger partial charge in [0.2, 0.25) is 0 Å². The molecule has 0 bridgehead atoms. The van der Waals surface area contributed by atoms with E-state index in [9.17, 15) is 30.7 Å². The maximum atomic E-state index is 13.4. The maximum Gasteiger partial charge on any atom is 0.416 e. The molecular weight excluding hydrogens is 441 g/mol. The minimum atomic E-state index is -4.94. The number of nitrogens with zero attached hydrogens (tertiary/aromatic N) is 2. The molecule has 0 unspecified atom stereocenters. The van der Waals surface area contributed by atoms with E-state index in [0.717, 1.165) is 0 Å². The van der Waals surface area contributed by atoms with E-state index in [1.54, 1.807) is 14.0 Å². The fourth-order valence-corrected chi connectivity index (χ4v) is 3.59. The highest BCUT2D eigenvalue weighted by molar-refractivity contribution is 5.82. The minimum Gasteiger partial charge on any atom is -0.371 e. The van der Waals surface area contributed by atoms with Gasteiger partial charge in [-0.25, -0.2) is 4.39 Å². The molecule has 2 aromatic carbocycles. The number of halogens is 7. The lowest BCUT2D eigenvalue weighted by Crippen LogP contribution is -2.36. The van der Waals surface area contributed by atoms with Crippen LogP contribution in [0.4, 0.5) is 30.7 Å². The fraction of sp³-hybridized carbons (Fsp3) is 0.409. The highest BCUT2D eigenvalue weighted by atomic mass is 19.4. The van der Waals surface area contributed by atoms with E-state index in [0.29, 0.717) is 30.1 Å². The summed E-state index contributed by atoms with van der Waals surface area (Å²) >= 11 is 0. The molecule has 1 aliphatic heterocycles. The molecule has 0 aromatic heterocycles. The Bertz CT molecular complexity index is 967. The SMILES string of the molecule is CC1=N[C@](CO[C@H](C)c2cc(C(F)(F)F)cc(C(F)(F)F)c2)(c2ccc(F)cc2)CN1C. The molecule has 10 heteroatoms. The Labute approximate surface area is 180 Å². The minimum absolute atomic E-state index is 0.0792. The first kappa shape index (κ1) is 24.0. The molecular formula is C22H21F7N2O. The molecule has 1 aliphatic rings. The first-order chi connectivity index (χ1) is 14.7. The van der Waals surface area contributed by atoms with Crippen LogP contribution in [0.5, 0.6) is 0 Å². The molecule has 3 nitrogen and oxygen atoms in total. The van der Waals surface area contributed by atoms with E-state index < -0.39 is 40.9 Å². The van der Waals surface area contributed by atoms with Crippen LogP contribution in [0.3, 0.4) is 0 Å². The number of amidine groups is 1. The number of aliphatic imine (C=N–C) groups is 1. The zero-order valence-corrected chi connectivity index (χ0v) is 17.5. The van der Waals surface area contributed by atoms with Crippen LogP contribution in [-0.2, 0) is 22.6 Å². The van der Waals surface area contributed by atoms with E-state index in [4.69, 9.17) is 4.74 Å². The third-order valence-corrected chi connectivity index (χ3v) is 5.46. The predicted octanol–water partition coefficient (Wildman–Crippen LogP) is 6.20. The number of benzene rings is 2. The van der Waals surface area contributed by atoms with Crippen LogP contribution >= 0.6 is 0 Å². The molecule has 0 radical (unpaired) electrons. The second-order valence-corrected chi connectivity index (χ2v) is 7.85. The van der Waals surface area contributed by atoms with Crippen LogP contribution in [0, 0.1) is 5.82 Å². The quantitative estimate of drug-likeness (QED) is 0.495. The molecule has 0 saturated carbocycles. The highest BCUT2D eigenvalue weighted by Crippen LogP contribution is 2.39. The van der Waals surface area contributed by atoms with Gasteiger partial charge in [0, 0.05) is 7.05 Å². The van der Waals surface area contributed by atoms with Crippen molar-refractivity contribution in [3.63, 3.8) is 0 Å². The van der Waals surface area contributed by atoms with Gasteiger partial charge in [-0.3, -0.25) is 4.99 Å². The van der Waals surface area contributed by atoms with Gasteiger partial charge < -0.3 is 9.64 Å². The topological polar surface area (TPSA) is 24.8 Å². The summed E-state index contributed by atoms with van der Waals surface area (Å²) in [6.07, 6.45) is -11.0. The van der Waals surface area contributed by atoms with Gasteiger partial charge in [-0.1, -0.05) is 12.1 Å². The summed E-state index contributed by atoms with van der Waals surface area (Å²) in [5, 5.41) is 0. The Balaban J connectivity index is 1.92. The third-order valence-electron chi connectivity index (χ3n) is 5.46. The maximum absolute atomic E-state index is 13.4. The first-order valence-electron chi connectivity index (χ1n) is 9.66. The largest absolute Gasteiger partial charge is 0.416 e. The zero-order valence-electron chi connectivity index (χ0n) is 17.5. The summed E-state index contributed by atoms with van der Waals surface area (Å²) in [7, 11) is 1.79. The number of ether oxygens (including phenoxy) is 1. The summed E-state index contributed by atoms with van der Waals surface area (Å²) < 4.78 is 98.2. The standard InChI is InChI=1S/C22H21F7N2O/c1-13(15-8-17(21(24,25)26)10-18(9-15)22(27,28)29)32-12-20(11-31(3)14(2)30-20)16-4-6-19(23)7-5-16/h4-10,13H,11-12H2,1-3H3/t13-,20-/m1/s1. The first-order valence-corrected chi connectivity index (χ1v) is 9.66. The van der Waals surface area contributed by atoms with Gasteiger partial charge in [0.1, 0.15) is 11.4 Å². The molecule has 0 spiro atoms. The molecule has 2 atom stereocenters. The van der Waals surface area contributed by atoms with Crippen molar-refractivity contribution >= 4 is 5.84 Å². The number of alkyl halides is 6. The molecule has 0 fully saturated rings. The molecule has 0 aliphatic carbocycles. The lowest BCUT2D eigenvalue weighted by atomic mass is 9.91. The van der Waals surface area contributed by atoms with Gasteiger partial charge in [-0.05, 0) is 55.3 Å². The summed E-state index contributed by atoms with van der Waals surface area (Å²) in [5.41, 5.74) is -3.42. The number of likely N-dealkylation sites (N-methyl/N-ethyl adjacent to an activating group) is 1. The fourth-order valence-electron chi connectivity index (χ4n) is 3.59. The van der Waals surface area contributed by atoms with Crippen LogP contribution in [0.1, 0.15) is 42.2 Å². The second kappa shape index (κ2) is 8.38. The van der Waals surface area contributed by atoms with Crippen molar-refractivity contribution in [3.05, 3.63) is 70.5 Å². The van der Waals surface area contributed by atoms with Crippen molar-refractivity contribution in [2.45, 2.75) is 37.8 Å². The zero-order chi connectivity index (χ0) is 23.9. The van der Waals surface area contributed by atoms with Crippen LogP contribution in [0.2, 0.25) is 0 Å². The monoisotopic (exact) mass is 462 g/mol. The van der Waals surface area contributed by atoms with E-state index in [1.807, 2.05) is 4.90 Å². The van der Waals surface area contributed by atoms with Crippen molar-refractivity contribution in [3.8, 4) is 0 Å². The molecule has 2 aromatic rings. The van der Waals surface area contributed by atoms with Gasteiger partial charge >= 0.3 is 12.4 Å². The van der Waals surface area contributed by atoms with Gasteiger partial charge in [0.25, 0.3) is 0 Å². The van der Waals surface area contributed by atoms with Crippen LogP contribution in [0.15, 0.2) is 47.5 Å². The molecule has 1 heterocycles. The summed E-state index contributed by atoms with van der Waals surface area (Å²) in [4.78, 5) is 6.45. The number of rotatable bonds is 5. The number of hydrogen-bond acceptors (Lipinski definition) is 3. The third kappa shape index (κ3) is 5.06. The second-order valence-electron chi connectivity index (χ2n) is 7.85. The molecule has 3 rings (SSSR count). The number of hydrogen-bond donors (Lipinski definition) is 0. The van der Waals surface area contributed by atoms with E-state index >= 15 is 0 Å². The Hall–Kier alpha value is -2.62. The Kier molecular flexibility index (Phi) is 6.29. The lowest BCUT2D eigenvalue weighted by molar-refractivity contribution is -0.143. The molecule has 174 valence electrons. The molecule has 0 amide bonds. The molecule has 32 heavy (non-hydrogen) atoms. The van der Waals surface area contributed by atoms with Gasteiger partial charge in [-0.15, -0.1) is 0 Å².